The Labute approximate surface area is 93.3 Å². The minimum absolute atomic E-state index is 0.319. The average molecular weight is 227 g/mol. The molecule has 1 atom stereocenters. The smallest absolute Gasteiger partial charge is 0.105 e. The summed E-state index contributed by atoms with van der Waals surface area (Å²) >= 11 is 6.40. The first-order valence-corrected chi connectivity index (χ1v) is 8.29. The number of rotatable bonds is 4. The van der Waals surface area contributed by atoms with Crippen molar-refractivity contribution in [2.75, 3.05) is 0 Å². The molecule has 0 spiro atoms. The highest BCUT2D eigenvalue weighted by atomic mass is 35.5. The summed E-state index contributed by atoms with van der Waals surface area (Å²) in [5.41, 5.74) is 0. The Kier molecular flexibility index (Phi) is 4.21. The molecule has 0 N–H and O–H groups in total. The largest absolute Gasteiger partial charge is 0.126 e. The van der Waals surface area contributed by atoms with E-state index in [2.05, 4.69) is 51.1 Å². The third-order valence-electron chi connectivity index (χ3n) is 3.37. The van der Waals surface area contributed by atoms with E-state index >= 15 is 0 Å². The molecule has 1 unspecified atom stereocenters. The van der Waals surface area contributed by atoms with Crippen LogP contribution in [0.2, 0.25) is 12.1 Å². The number of hydrogen-bond acceptors (Lipinski definition) is 0. The Morgan fingerprint density at radius 3 is 2.00 bits per heavy atom. The van der Waals surface area contributed by atoms with Crippen molar-refractivity contribution in [3.63, 3.8) is 0 Å². The van der Waals surface area contributed by atoms with Crippen LogP contribution in [0.3, 0.4) is 0 Å². The van der Waals surface area contributed by atoms with Crippen molar-refractivity contribution in [3.05, 3.63) is 30.3 Å². The van der Waals surface area contributed by atoms with Gasteiger partial charge in [0, 0.05) is 5.00 Å². The Hall–Kier alpha value is -0.273. The number of hydrogen-bond donors (Lipinski definition) is 0. The first-order chi connectivity index (χ1) is 6.67. The maximum absolute atomic E-state index is 6.40. The van der Waals surface area contributed by atoms with Crippen LogP contribution >= 0.6 is 11.6 Å². The van der Waals surface area contributed by atoms with Crippen molar-refractivity contribution in [2.24, 2.45) is 0 Å². The van der Waals surface area contributed by atoms with Crippen LogP contribution in [0, 0.1) is 0 Å². The average Bonchev–Trinajstić information content (AvgIpc) is 2.22. The Balaban J connectivity index is 3.11. The van der Waals surface area contributed by atoms with Gasteiger partial charge < -0.3 is 0 Å². The summed E-state index contributed by atoms with van der Waals surface area (Å²) in [5.74, 6) is 0. The van der Waals surface area contributed by atoms with Gasteiger partial charge in [0.1, 0.15) is 8.07 Å². The van der Waals surface area contributed by atoms with Crippen LogP contribution in [0.15, 0.2) is 30.3 Å². The number of halogens is 1. The third kappa shape index (κ3) is 2.04. The van der Waals surface area contributed by atoms with Gasteiger partial charge in [0.2, 0.25) is 0 Å². The SMILES string of the molecule is CC[Si](CC)(c1ccccc1)C(C)Cl. The van der Waals surface area contributed by atoms with Gasteiger partial charge in [-0.2, -0.15) is 0 Å². The second-order valence-electron chi connectivity index (χ2n) is 3.85. The van der Waals surface area contributed by atoms with E-state index in [9.17, 15) is 0 Å². The Bertz CT molecular complexity index is 265. The molecule has 0 amide bonds. The molecule has 1 aromatic carbocycles. The Morgan fingerprint density at radius 1 is 1.14 bits per heavy atom. The first-order valence-electron chi connectivity index (χ1n) is 5.37. The summed E-state index contributed by atoms with van der Waals surface area (Å²) in [5, 5.41) is 1.83. The summed E-state index contributed by atoms with van der Waals surface area (Å²) < 4.78 is 0. The topological polar surface area (TPSA) is 0 Å². The fourth-order valence-corrected chi connectivity index (χ4v) is 7.28. The monoisotopic (exact) mass is 226 g/mol. The minimum atomic E-state index is -1.43. The van der Waals surface area contributed by atoms with Crippen molar-refractivity contribution in [1.29, 1.82) is 0 Å². The maximum Gasteiger partial charge on any atom is 0.105 e. The number of alkyl halides is 1. The lowest BCUT2D eigenvalue weighted by atomic mass is 10.4. The zero-order valence-corrected chi connectivity index (χ0v) is 11.0. The highest BCUT2D eigenvalue weighted by Gasteiger charge is 2.35. The van der Waals surface area contributed by atoms with E-state index in [0.29, 0.717) is 5.00 Å². The van der Waals surface area contributed by atoms with E-state index < -0.39 is 8.07 Å². The molecule has 1 rings (SSSR count). The van der Waals surface area contributed by atoms with Crippen LogP contribution in [0.1, 0.15) is 20.8 Å². The lowest BCUT2D eigenvalue weighted by molar-refractivity contribution is 1.16. The fourth-order valence-electron chi connectivity index (χ4n) is 2.22. The molecule has 0 aliphatic carbocycles. The van der Waals surface area contributed by atoms with Gasteiger partial charge in [-0.1, -0.05) is 68.4 Å². The van der Waals surface area contributed by atoms with Gasteiger partial charge in [0.05, 0.1) is 0 Å². The van der Waals surface area contributed by atoms with Gasteiger partial charge in [-0.25, -0.2) is 0 Å². The predicted octanol–water partition coefficient (Wildman–Crippen LogP) is 3.55. The molecule has 0 saturated heterocycles. The highest BCUT2D eigenvalue weighted by molar-refractivity contribution is 6.97. The molecule has 0 aromatic heterocycles. The van der Waals surface area contributed by atoms with Crippen LogP contribution in [0.4, 0.5) is 0 Å². The summed E-state index contributed by atoms with van der Waals surface area (Å²) in [6.45, 7) is 6.72. The molecule has 0 nitrogen and oxygen atoms in total. The molecule has 2 heteroatoms. The van der Waals surface area contributed by atoms with E-state index in [1.165, 1.54) is 17.3 Å². The van der Waals surface area contributed by atoms with Crippen molar-refractivity contribution >= 4 is 24.9 Å². The van der Waals surface area contributed by atoms with E-state index in [1.54, 1.807) is 0 Å². The fraction of sp³-hybridized carbons (Fsp3) is 0.500. The molecule has 0 aliphatic rings. The van der Waals surface area contributed by atoms with Crippen molar-refractivity contribution in [1.82, 2.24) is 0 Å². The van der Waals surface area contributed by atoms with Crippen LogP contribution in [0.5, 0.6) is 0 Å². The van der Waals surface area contributed by atoms with E-state index in [-0.39, 0.29) is 0 Å². The molecule has 1 aromatic rings. The summed E-state index contributed by atoms with van der Waals surface area (Å²) in [6.07, 6.45) is 0. The molecule has 0 bridgehead atoms. The standard InChI is InChI=1S/C12H19ClSi/c1-4-14(5-2,11(3)13)12-9-7-6-8-10-12/h6-11H,4-5H2,1-3H3. The molecular weight excluding hydrogens is 208 g/mol. The highest BCUT2D eigenvalue weighted by Crippen LogP contribution is 2.23. The van der Waals surface area contributed by atoms with Crippen LogP contribution < -0.4 is 5.19 Å². The van der Waals surface area contributed by atoms with Gasteiger partial charge >= 0.3 is 0 Å². The Morgan fingerprint density at radius 2 is 1.64 bits per heavy atom. The van der Waals surface area contributed by atoms with Gasteiger partial charge in [0.15, 0.2) is 0 Å². The maximum atomic E-state index is 6.40. The summed E-state index contributed by atoms with van der Waals surface area (Å²) in [7, 11) is -1.43. The molecule has 14 heavy (non-hydrogen) atoms. The molecule has 0 fully saturated rings. The zero-order chi connectivity index (χ0) is 10.6. The second-order valence-corrected chi connectivity index (χ2v) is 10.0. The first kappa shape index (κ1) is 11.8. The van der Waals surface area contributed by atoms with E-state index in [1.807, 2.05) is 0 Å². The molecule has 0 saturated carbocycles. The van der Waals surface area contributed by atoms with E-state index in [0.717, 1.165) is 0 Å². The van der Waals surface area contributed by atoms with Gasteiger partial charge in [-0.3, -0.25) is 0 Å². The van der Waals surface area contributed by atoms with Crippen LogP contribution in [0.25, 0.3) is 0 Å². The van der Waals surface area contributed by atoms with Gasteiger partial charge in [0.25, 0.3) is 0 Å². The quantitative estimate of drug-likeness (QED) is 0.544. The lowest BCUT2D eigenvalue weighted by Crippen LogP contribution is -2.53. The summed E-state index contributed by atoms with van der Waals surface area (Å²) in [6, 6.07) is 13.3. The minimum Gasteiger partial charge on any atom is -0.126 e. The van der Waals surface area contributed by atoms with Gasteiger partial charge in [-0.15, -0.1) is 11.6 Å². The van der Waals surface area contributed by atoms with Crippen molar-refractivity contribution in [2.45, 2.75) is 37.9 Å². The lowest BCUT2D eigenvalue weighted by Gasteiger charge is -2.32. The van der Waals surface area contributed by atoms with Crippen molar-refractivity contribution < 1.29 is 0 Å². The molecule has 0 heterocycles. The molecule has 78 valence electrons. The van der Waals surface area contributed by atoms with Crippen molar-refractivity contribution in [3.8, 4) is 0 Å². The normalized spacial score (nSPS) is 14.0. The predicted molar refractivity (Wildman–Crippen MR) is 68.1 cm³/mol. The molecule has 0 aliphatic heterocycles. The third-order valence-corrected chi connectivity index (χ3v) is 10.2. The molecule has 0 radical (unpaired) electrons. The summed E-state index contributed by atoms with van der Waals surface area (Å²) in [4.78, 5) is 0. The zero-order valence-electron chi connectivity index (χ0n) is 9.26. The number of benzene rings is 1. The molecular formula is C12H19ClSi. The van der Waals surface area contributed by atoms with Crippen LogP contribution in [-0.2, 0) is 0 Å². The van der Waals surface area contributed by atoms with Crippen LogP contribution in [-0.4, -0.2) is 13.1 Å². The second kappa shape index (κ2) is 4.99. The van der Waals surface area contributed by atoms with Gasteiger partial charge in [-0.05, 0) is 0 Å². The van der Waals surface area contributed by atoms with E-state index in [4.69, 9.17) is 11.6 Å².